The van der Waals surface area contributed by atoms with Gasteiger partial charge in [-0.1, -0.05) is 193 Å². The van der Waals surface area contributed by atoms with Crippen LogP contribution < -0.4 is 0 Å². The molecule has 0 saturated heterocycles. The molecule has 0 unspecified atom stereocenters. The van der Waals surface area contributed by atoms with E-state index in [9.17, 15) is 5.53 Å². The molecule has 0 spiro atoms. The third-order valence-electron chi connectivity index (χ3n) is 11.5. The monoisotopic (exact) mass is 797 g/mol. The van der Waals surface area contributed by atoms with Gasteiger partial charge in [-0.05, 0) is 86.8 Å². The second kappa shape index (κ2) is 33.0. The first-order valence-corrected chi connectivity index (χ1v) is 25.4. The summed E-state index contributed by atoms with van der Waals surface area (Å²) >= 11 is 1.62. The number of nitrogens with zero attached hydrogens (tertiary/aromatic N) is 2. The molecule has 0 atom stereocenters. The fourth-order valence-electron chi connectivity index (χ4n) is 8.23. The van der Waals surface area contributed by atoms with E-state index in [-0.39, 0.29) is 0 Å². The van der Waals surface area contributed by atoms with E-state index >= 15 is 0 Å². The van der Waals surface area contributed by atoms with E-state index in [1.54, 1.807) is 19.1 Å². The molecule has 0 fully saturated rings. The summed E-state index contributed by atoms with van der Waals surface area (Å²) in [7, 11) is 0. The first kappa shape index (κ1) is 49.2. The first-order chi connectivity index (χ1) is 27.1. The molecule has 314 valence electrons. The van der Waals surface area contributed by atoms with E-state index in [0.29, 0.717) is 0 Å². The molecule has 0 aromatic heterocycles. The average molecular weight is 798 g/mol. The third kappa shape index (κ3) is 20.3. The maximum atomic E-state index is 12.3. The van der Waals surface area contributed by atoms with E-state index < -0.39 is 0 Å². The van der Waals surface area contributed by atoms with Gasteiger partial charge in [-0.25, -0.2) is 4.70 Å². The molecule has 2 nitrogen and oxygen atoms in total. The second-order valence-electron chi connectivity index (χ2n) is 16.5. The zero-order valence-corrected chi connectivity index (χ0v) is 38.0. The summed E-state index contributed by atoms with van der Waals surface area (Å²) in [6.07, 6.45) is 39.1. The summed E-state index contributed by atoms with van der Waals surface area (Å²) in [5, 5.41) is 0. The Morgan fingerprint density at radius 2 is 0.691 bits per heavy atom. The number of unbranched alkanes of at least 4 members (excludes halogenated alkanes) is 22. The van der Waals surface area contributed by atoms with E-state index in [1.807, 2.05) is 0 Å². The maximum absolute atomic E-state index is 12.3. The summed E-state index contributed by atoms with van der Waals surface area (Å²) in [4.78, 5) is 0. The molecule has 3 heteroatoms. The molecule has 2 aromatic rings. The van der Waals surface area contributed by atoms with Gasteiger partial charge in [0.2, 0.25) is 11.4 Å². The number of allylic oxidation sites excluding steroid dienone is 2. The third-order valence-corrected chi connectivity index (χ3v) is 11.5. The van der Waals surface area contributed by atoms with Crippen molar-refractivity contribution in [1.29, 1.82) is 0 Å². The molecule has 0 radical (unpaired) electrons. The van der Waals surface area contributed by atoms with Gasteiger partial charge < -0.3 is 5.53 Å². The minimum atomic E-state index is 1.05. The molecule has 3 rings (SSSR count). The van der Waals surface area contributed by atoms with Crippen LogP contribution in [-0.4, -0.2) is 4.70 Å². The van der Waals surface area contributed by atoms with Crippen molar-refractivity contribution in [2.24, 2.45) is 0 Å². The van der Waals surface area contributed by atoms with E-state index in [1.165, 1.54) is 200 Å². The molecule has 0 saturated carbocycles. The van der Waals surface area contributed by atoms with Gasteiger partial charge in [0.1, 0.15) is 0 Å². The molecule has 1 heterocycles. The minimum absolute atomic E-state index is 1.05. The molecule has 2 aromatic carbocycles. The summed E-state index contributed by atoms with van der Waals surface area (Å²) in [6, 6.07) is 18.2. The molecule has 0 aliphatic carbocycles. The van der Waals surface area contributed by atoms with Crippen molar-refractivity contribution in [3.63, 3.8) is 0 Å². The van der Waals surface area contributed by atoms with Crippen LogP contribution in [0, 0.1) is 0 Å². The molecule has 55 heavy (non-hydrogen) atoms. The van der Waals surface area contributed by atoms with Crippen molar-refractivity contribution in [2.45, 2.75) is 232 Å². The van der Waals surface area contributed by atoms with Gasteiger partial charge in [-0.2, -0.15) is 0 Å². The van der Waals surface area contributed by atoms with Crippen LogP contribution in [0.2, 0.25) is 11.8 Å². The average Bonchev–Trinajstić information content (AvgIpc) is 3.47. The predicted molar refractivity (Wildman–Crippen MR) is 241 cm³/mol. The van der Waals surface area contributed by atoms with Gasteiger partial charge in [0.25, 0.3) is 0 Å². The van der Waals surface area contributed by atoms with Gasteiger partial charge >= 0.3 is 26.2 Å². The normalized spacial score (nSPS) is 12.9. The van der Waals surface area contributed by atoms with Gasteiger partial charge in [0.15, 0.2) is 0 Å². The second-order valence-corrected chi connectivity index (χ2v) is 17.4. The number of rotatable bonds is 32. The Labute approximate surface area is 348 Å². The van der Waals surface area contributed by atoms with E-state index in [4.69, 9.17) is 0 Å². The summed E-state index contributed by atoms with van der Waals surface area (Å²) in [5.41, 5.74) is 22.3. The SMILES string of the molecule is CCCCCCCCCCCCCCCCCCC1=C(c2cccc(CCCC)c2)[N+](=[N-])C(c2cccc(CCCC)c2)=C1CCCCCCCC.[CH3][Ni][CH3]. The molecule has 0 amide bonds. The first-order valence-electron chi connectivity index (χ1n) is 23.4. The van der Waals surface area contributed by atoms with Gasteiger partial charge in [-0.3, -0.25) is 0 Å². The Hall–Kier alpha value is -1.99. The van der Waals surface area contributed by atoms with Crippen LogP contribution >= 0.6 is 0 Å². The van der Waals surface area contributed by atoms with E-state index in [0.717, 1.165) is 37.1 Å². The Morgan fingerprint density at radius 3 is 1.00 bits per heavy atom. The Kier molecular flexibility index (Phi) is 29.5. The topological polar surface area (TPSA) is 25.3 Å². The summed E-state index contributed by atoms with van der Waals surface area (Å²) in [5.74, 6) is 4.12. The number of benzene rings is 2. The number of hydrogen-bond acceptors (Lipinski definition) is 0. The Bertz CT molecular complexity index is 1340. The quantitative estimate of drug-likeness (QED) is 0.0400. The number of hydrogen-bond donors (Lipinski definition) is 0. The van der Waals surface area contributed by atoms with Crippen LogP contribution in [0.5, 0.6) is 0 Å². The van der Waals surface area contributed by atoms with Gasteiger partial charge in [0, 0.05) is 22.3 Å². The van der Waals surface area contributed by atoms with Crippen LogP contribution in [-0.2, 0) is 27.3 Å². The van der Waals surface area contributed by atoms with Crippen LogP contribution in [0.25, 0.3) is 16.9 Å². The van der Waals surface area contributed by atoms with Gasteiger partial charge in [-0.15, -0.1) is 0 Å². The van der Waals surface area contributed by atoms with Crippen LogP contribution in [0.3, 0.4) is 0 Å². The predicted octanol–water partition coefficient (Wildman–Crippen LogP) is 18.1. The molecule has 1 aliphatic heterocycles. The van der Waals surface area contributed by atoms with Crippen molar-refractivity contribution in [2.75, 3.05) is 0 Å². The molecule has 1 aliphatic rings. The molecule has 0 bridgehead atoms. The standard InChI is InChI=1S/C50H80N2.2CH3.Ni/c1-5-9-13-15-17-18-19-20-21-22-23-24-25-26-28-30-40-48-47(39-29-27-16-14-10-6-2)49(45-37-31-35-43(41-45)33-11-7-3)52(51)50(48)46-38-32-36-44(42-46)34-12-8-4;;;/h31-32,35-38,41-42H,5-30,33-34,39-40H2,1-4H3;2*1H3;. The van der Waals surface area contributed by atoms with Crippen molar-refractivity contribution in [3.8, 4) is 0 Å². The fraction of sp³-hybridized carbons (Fsp3) is 0.692. The molecular formula is C52H86N2Ni. The zero-order valence-electron chi connectivity index (χ0n) is 37.0. The van der Waals surface area contributed by atoms with Crippen molar-refractivity contribution < 1.29 is 19.1 Å². The fourth-order valence-corrected chi connectivity index (χ4v) is 8.23. The van der Waals surface area contributed by atoms with Crippen LogP contribution in [0.4, 0.5) is 0 Å². The molecule has 0 N–H and O–H groups in total. The summed E-state index contributed by atoms with van der Waals surface area (Å²) in [6.45, 7) is 9.15. The molecular weight excluding hydrogens is 711 g/mol. The van der Waals surface area contributed by atoms with Crippen molar-refractivity contribution >= 4 is 11.4 Å². The van der Waals surface area contributed by atoms with Crippen LogP contribution in [0.1, 0.15) is 230 Å². The van der Waals surface area contributed by atoms with Crippen molar-refractivity contribution in [3.05, 3.63) is 87.5 Å². The Morgan fingerprint density at radius 1 is 0.400 bits per heavy atom. The van der Waals surface area contributed by atoms with Crippen molar-refractivity contribution in [1.82, 2.24) is 0 Å². The van der Waals surface area contributed by atoms with Gasteiger partial charge in [0.05, 0.1) is 0 Å². The van der Waals surface area contributed by atoms with E-state index in [2.05, 4.69) is 88.0 Å². The summed E-state index contributed by atoms with van der Waals surface area (Å²) < 4.78 is 1.62. The zero-order chi connectivity index (χ0) is 39.8. The Balaban J connectivity index is 0.00000337. The number of aryl methyl sites for hydroxylation is 2. The van der Waals surface area contributed by atoms with Crippen LogP contribution in [0.15, 0.2) is 59.7 Å².